The monoisotopic (exact) mass is 744 g/mol. The van der Waals surface area contributed by atoms with Crippen LogP contribution in [0.3, 0.4) is 0 Å². The van der Waals surface area contributed by atoms with Gasteiger partial charge in [-0.1, -0.05) is 36.4 Å². The van der Waals surface area contributed by atoms with Crippen molar-refractivity contribution in [2.24, 2.45) is 0 Å². The van der Waals surface area contributed by atoms with Gasteiger partial charge in [-0.2, -0.15) is 0 Å². The molecule has 0 unspecified atom stereocenters. The number of amides is 4. The van der Waals surface area contributed by atoms with Gasteiger partial charge in [0.25, 0.3) is 11.8 Å². The predicted molar refractivity (Wildman–Crippen MR) is 207 cm³/mol. The van der Waals surface area contributed by atoms with Crippen molar-refractivity contribution in [2.75, 3.05) is 36.9 Å². The minimum Gasteiger partial charge on any atom is -0.371 e. The topological polar surface area (TPSA) is 136 Å². The van der Waals surface area contributed by atoms with Gasteiger partial charge >= 0.3 is 0 Å². The molecular formula is C42H56N4O8. The molecule has 6 rings (SSSR count). The molecule has 12 heteroatoms. The summed E-state index contributed by atoms with van der Waals surface area (Å²) >= 11 is 0. The molecule has 4 amide bonds. The van der Waals surface area contributed by atoms with Gasteiger partial charge in [-0.05, 0) is 103 Å². The van der Waals surface area contributed by atoms with Crippen LogP contribution < -0.4 is 10.6 Å². The van der Waals surface area contributed by atoms with Crippen molar-refractivity contribution in [3.05, 3.63) is 59.7 Å². The lowest BCUT2D eigenvalue weighted by Gasteiger charge is -2.26. The van der Waals surface area contributed by atoms with Crippen LogP contribution in [0.5, 0.6) is 0 Å². The minimum absolute atomic E-state index is 0.148. The molecule has 0 radical (unpaired) electrons. The molecule has 292 valence electrons. The summed E-state index contributed by atoms with van der Waals surface area (Å²) in [6, 6.07) is 13.7. The molecule has 4 fully saturated rings. The quantitative estimate of drug-likeness (QED) is 0.298. The number of carbonyl (C=O) groups is 4. The Balaban J connectivity index is 1.04. The Labute approximate surface area is 318 Å². The van der Waals surface area contributed by atoms with Crippen LogP contribution in [0.4, 0.5) is 11.4 Å². The predicted octanol–water partition coefficient (Wildman–Crippen LogP) is 5.66. The first-order valence-electron chi connectivity index (χ1n) is 19.3. The molecular weight excluding hydrogens is 688 g/mol. The highest BCUT2D eigenvalue weighted by molar-refractivity contribution is 5.99. The first-order chi connectivity index (χ1) is 25.6. The summed E-state index contributed by atoms with van der Waals surface area (Å²) in [6.07, 6.45) is 6.29. The van der Waals surface area contributed by atoms with Gasteiger partial charge < -0.3 is 39.4 Å². The highest BCUT2D eigenvalue weighted by Crippen LogP contribution is 2.30. The van der Waals surface area contributed by atoms with E-state index < -0.39 is 35.5 Å². The Hall–Kier alpha value is -4.10. The van der Waals surface area contributed by atoms with E-state index in [4.69, 9.17) is 18.9 Å². The third-order valence-corrected chi connectivity index (χ3v) is 9.97. The molecule has 4 aliphatic rings. The average Bonchev–Trinajstić information content (AvgIpc) is 3.94. The van der Waals surface area contributed by atoms with Gasteiger partial charge in [-0.25, -0.2) is 0 Å². The van der Waals surface area contributed by atoms with Crippen LogP contribution in [0.2, 0.25) is 0 Å². The van der Waals surface area contributed by atoms with Crippen molar-refractivity contribution >= 4 is 47.2 Å². The summed E-state index contributed by atoms with van der Waals surface area (Å²) in [4.78, 5) is 56.9. The molecule has 4 aliphatic heterocycles. The maximum absolute atomic E-state index is 13.5. The third-order valence-electron chi connectivity index (χ3n) is 9.97. The van der Waals surface area contributed by atoms with E-state index in [2.05, 4.69) is 10.6 Å². The van der Waals surface area contributed by atoms with Gasteiger partial charge in [0, 0.05) is 50.5 Å². The number of carbonyl (C=O) groups excluding carboxylic acids is 4. The van der Waals surface area contributed by atoms with Crippen molar-refractivity contribution in [1.29, 1.82) is 0 Å². The van der Waals surface area contributed by atoms with E-state index in [1.54, 1.807) is 9.80 Å². The molecule has 2 aromatic rings. The lowest BCUT2D eigenvalue weighted by atomic mass is 10.1. The Bertz CT molecular complexity index is 1540. The van der Waals surface area contributed by atoms with E-state index in [0.29, 0.717) is 63.4 Å². The average molecular weight is 745 g/mol. The summed E-state index contributed by atoms with van der Waals surface area (Å²) in [5, 5.41) is 6.00. The molecule has 0 aliphatic carbocycles. The largest absolute Gasteiger partial charge is 0.371 e. The van der Waals surface area contributed by atoms with Gasteiger partial charge in [0.05, 0.1) is 23.4 Å². The maximum atomic E-state index is 13.5. The van der Waals surface area contributed by atoms with Crippen molar-refractivity contribution in [3.63, 3.8) is 0 Å². The van der Waals surface area contributed by atoms with Gasteiger partial charge in [0.1, 0.15) is 24.3 Å². The number of anilines is 2. The highest BCUT2D eigenvalue weighted by atomic mass is 16.5. The lowest BCUT2D eigenvalue weighted by Crippen LogP contribution is -2.47. The SMILES string of the molecule is CC(C)(C)O[C@@H]1C[C@@H](C(=O)Nc2ccc(/C=C/c3ccc(NC(=O)[C@@H]4C[C@@H](OC(C)(C)C)CN4C(=O)[C@H]4CCCO4)cc3)cc2)N(C(=O)[C@H]2CCCO2)C1. The number of ether oxygens (including phenoxy) is 4. The number of nitrogens with one attached hydrogen (secondary N) is 2. The second-order valence-corrected chi connectivity index (χ2v) is 16.7. The Morgan fingerprint density at radius 1 is 0.630 bits per heavy atom. The maximum Gasteiger partial charge on any atom is 0.252 e. The summed E-state index contributed by atoms with van der Waals surface area (Å²) in [5.74, 6) is -0.786. The first kappa shape index (κ1) is 39.6. The van der Waals surface area contributed by atoms with Crippen LogP contribution in [-0.4, -0.2) is 107 Å². The molecule has 0 spiro atoms. The van der Waals surface area contributed by atoms with Crippen LogP contribution >= 0.6 is 0 Å². The molecule has 12 nitrogen and oxygen atoms in total. The number of likely N-dealkylation sites (tertiary alicyclic amines) is 2. The van der Waals surface area contributed by atoms with E-state index >= 15 is 0 Å². The number of rotatable bonds is 10. The standard InChI is InChI=1S/C42H56N4O8/c1-41(2,3)53-31-23-33(45(25-31)39(49)35-9-7-21-51-35)37(47)43-29-17-13-27(14-18-29)11-12-28-15-19-30(20-16-28)44-38(48)34-24-32(54-42(4,5)6)26-46(34)40(50)36-10-8-22-52-36/h11-20,31-36H,7-10,21-26H2,1-6H3,(H,43,47)(H,44,48)/b12-11+/t31-,32-,33+,34+,35-,36-/m1/s1. The minimum atomic E-state index is -0.646. The molecule has 4 saturated heterocycles. The highest BCUT2D eigenvalue weighted by Gasteiger charge is 2.45. The Morgan fingerprint density at radius 2 is 1.00 bits per heavy atom. The fraction of sp³-hybridized carbons (Fsp3) is 0.571. The molecule has 6 atom stereocenters. The number of hydrogen-bond acceptors (Lipinski definition) is 8. The molecule has 0 bridgehead atoms. The van der Waals surface area contributed by atoms with Gasteiger partial charge in [0.2, 0.25) is 11.8 Å². The number of benzene rings is 2. The van der Waals surface area contributed by atoms with Crippen molar-refractivity contribution in [3.8, 4) is 0 Å². The van der Waals surface area contributed by atoms with Crippen LogP contribution in [0.1, 0.15) is 91.2 Å². The zero-order chi connectivity index (χ0) is 38.6. The molecule has 54 heavy (non-hydrogen) atoms. The van der Waals surface area contributed by atoms with E-state index in [1.807, 2.05) is 102 Å². The fourth-order valence-electron chi connectivity index (χ4n) is 7.66. The van der Waals surface area contributed by atoms with Crippen LogP contribution in [0, 0.1) is 0 Å². The zero-order valence-electron chi connectivity index (χ0n) is 32.5. The Kier molecular flexibility index (Phi) is 12.3. The molecule has 0 aromatic heterocycles. The van der Waals surface area contributed by atoms with E-state index in [1.165, 1.54) is 0 Å². The van der Waals surface area contributed by atoms with E-state index in [0.717, 1.165) is 24.0 Å². The molecule has 2 N–H and O–H groups in total. The van der Waals surface area contributed by atoms with Crippen molar-refractivity contribution < 1.29 is 38.1 Å². The Morgan fingerprint density at radius 3 is 1.31 bits per heavy atom. The summed E-state index contributed by atoms with van der Waals surface area (Å²) in [7, 11) is 0. The van der Waals surface area contributed by atoms with Crippen molar-refractivity contribution in [1.82, 2.24) is 9.80 Å². The second-order valence-electron chi connectivity index (χ2n) is 16.7. The third kappa shape index (κ3) is 10.3. The molecule has 0 saturated carbocycles. The second kappa shape index (κ2) is 16.7. The summed E-state index contributed by atoms with van der Waals surface area (Å²) in [6.45, 7) is 13.7. The van der Waals surface area contributed by atoms with Gasteiger partial charge in [-0.15, -0.1) is 0 Å². The fourth-order valence-corrected chi connectivity index (χ4v) is 7.66. The summed E-state index contributed by atoms with van der Waals surface area (Å²) in [5.41, 5.74) is 2.35. The molecule has 2 aromatic carbocycles. The van der Waals surface area contributed by atoms with Crippen LogP contribution in [0.25, 0.3) is 12.2 Å². The first-order valence-corrected chi connectivity index (χ1v) is 19.3. The normalized spacial score (nSPS) is 26.1. The molecule has 4 heterocycles. The van der Waals surface area contributed by atoms with Gasteiger partial charge in [0.15, 0.2) is 0 Å². The van der Waals surface area contributed by atoms with E-state index in [-0.39, 0.29) is 35.8 Å². The van der Waals surface area contributed by atoms with Crippen molar-refractivity contribution in [2.45, 2.75) is 128 Å². The lowest BCUT2D eigenvalue weighted by molar-refractivity contribution is -0.145. The van der Waals surface area contributed by atoms with E-state index in [9.17, 15) is 19.2 Å². The number of nitrogens with zero attached hydrogens (tertiary/aromatic N) is 2. The number of hydrogen-bond donors (Lipinski definition) is 2. The zero-order valence-corrected chi connectivity index (χ0v) is 32.5. The van der Waals surface area contributed by atoms with Crippen LogP contribution in [-0.2, 0) is 38.1 Å². The summed E-state index contributed by atoms with van der Waals surface area (Å²) < 4.78 is 23.7. The smallest absolute Gasteiger partial charge is 0.252 e. The van der Waals surface area contributed by atoms with Gasteiger partial charge in [-0.3, -0.25) is 19.2 Å². The van der Waals surface area contributed by atoms with Crippen LogP contribution in [0.15, 0.2) is 48.5 Å².